The van der Waals surface area contributed by atoms with Crippen LogP contribution in [-0.2, 0) is 10.1 Å². The average molecular weight is 245 g/mol. The maximum absolute atomic E-state index is 11.0. The van der Waals surface area contributed by atoms with E-state index in [9.17, 15) is 8.42 Å². The molecule has 2 aromatic rings. The van der Waals surface area contributed by atoms with Crippen molar-refractivity contribution in [2.24, 2.45) is 0 Å². The number of rotatable bonds is 1. The Bertz CT molecular complexity index is 702. The van der Waals surface area contributed by atoms with Crippen LogP contribution in [0.15, 0.2) is 47.4 Å². The summed E-state index contributed by atoms with van der Waals surface area (Å²) in [7, 11) is -4.13. The van der Waals surface area contributed by atoms with E-state index in [0.29, 0.717) is 0 Å². The lowest BCUT2D eigenvalue weighted by Crippen LogP contribution is -1.98. The first kappa shape index (κ1) is 10.5. The van der Waals surface area contributed by atoms with Crippen LogP contribution in [0.3, 0.4) is 0 Å². The smallest absolute Gasteiger partial charge is 0.282 e. The molecule has 0 heterocycles. The molecule has 0 atom stereocenters. The van der Waals surface area contributed by atoms with E-state index in [1.807, 2.05) is 30.7 Å². The zero-order chi connectivity index (χ0) is 12.0. The van der Waals surface area contributed by atoms with Crippen molar-refractivity contribution in [1.82, 2.24) is 0 Å². The van der Waals surface area contributed by atoms with Gasteiger partial charge in [0.1, 0.15) is 0 Å². The monoisotopic (exact) mass is 245 g/mol. The molecular formula is C13H9O3S. The molecular weight excluding hydrogens is 236 g/mol. The van der Waals surface area contributed by atoms with Crippen LogP contribution in [-0.4, -0.2) is 13.0 Å². The second-order valence-electron chi connectivity index (χ2n) is 3.96. The standard InChI is InChI=1S/C13H9O3S/c14-17(15,16)11-5-6-13-10(8-11)7-9-3-1-2-4-12(9)13/h1-8H,(H,14,15,16). The van der Waals surface area contributed by atoms with Crippen molar-refractivity contribution in [3.05, 3.63) is 60.0 Å². The van der Waals surface area contributed by atoms with Gasteiger partial charge in [0.15, 0.2) is 0 Å². The first-order valence-electron chi connectivity index (χ1n) is 5.11. The molecule has 1 aliphatic carbocycles. The first-order valence-corrected chi connectivity index (χ1v) is 6.55. The lowest BCUT2D eigenvalue weighted by atomic mass is 10.1. The highest BCUT2D eigenvalue weighted by atomic mass is 32.2. The van der Waals surface area contributed by atoms with Gasteiger partial charge in [-0.05, 0) is 34.4 Å². The molecule has 3 nitrogen and oxygen atoms in total. The summed E-state index contributed by atoms with van der Waals surface area (Å²) in [4.78, 5) is -0.0692. The number of hydrogen-bond donors (Lipinski definition) is 1. The fraction of sp³-hybridized carbons (Fsp3) is 0. The number of fused-ring (bicyclic) bond motifs is 3. The normalized spacial score (nSPS) is 13.2. The summed E-state index contributed by atoms with van der Waals surface area (Å²) in [6.07, 6.45) is 1.92. The molecule has 0 saturated carbocycles. The van der Waals surface area contributed by atoms with Gasteiger partial charge in [-0.2, -0.15) is 8.42 Å². The molecule has 3 rings (SSSR count). The van der Waals surface area contributed by atoms with Crippen LogP contribution in [0.25, 0.3) is 11.1 Å². The fourth-order valence-electron chi connectivity index (χ4n) is 2.10. The summed E-state index contributed by atoms with van der Waals surface area (Å²) in [5, 5.41) is 0. The molecule has 17 heavy (non-hydrogen) atoms. The zero-order valence-electron chi connectivity index (χ0n) is 8.79. The molecule has 1 radical (unpaired) electrons. The third-order valence-electron chi connectivity index (χ3n) is 2.88. The van der Waals surface area contributed by atoms with Crippen LogP contribution in [0.5, 0.6) is 0 Å². The van der Waals surface area contributed by atoms with Crippen molar-refractivity contribution in [3.8, 4) is 11.1 Å². The van der Waals surface area contributed by atoms with Crippen LogP contribution in [0.1, 0.15) is 11.1 Å². The zero-order valence-corrected chi connectivity index (χ0v) is 9.61. The predicted molar refractivity (Wildman–Crippen MR) is 64.2 cm³/mol. The summed E-state index contributed by atoms with van der Waals surface area (Å²) < 4.78 is 31.1. The quantitative estimate of drug-likeness (QED) is 0.670. The van der Waals surface area contributed by atoms with E-state index < -0.39 is 10.1 Å². The van der Waals surface area contributed by atoms with Gasteiger partial charge >= 0.3 is 0 Å². The Hall–Kier alpha value is -1.65. The largest absolute Gasteiger partial charge is 0.294 e. The molecule has 0 spiro atoms. The Morgan fingerprint density at radius 2 is 1.59 bits per heavy atom. The predicted octanol–water partition coefficient (Wildman–Crippen LogP) is 2.51. The Balaban J connectivity index is 2.20. The van der Waals surface area contributed by atoms with Gasteiger partial charge in [-0.15, -0.1) is 0 Å². The van der Waals surface area contributed by atoms with Gasteiger partial charge in [-0.3, -0.25) is 4.55 Å². The minimum absolute atomic E-state index is 0.0692. The van der Waals surface area contributed by atoms with E-state index in [0.717, 1.165) is 22.3 Å². The van der Waals surface area contributed by atoms with E-state index in [4.69, 9.17) is 4.55 Å². The molecule has 0 saturated heterocycles. The minimum Gasteiger partial charge on any atom is -0.282 e. The third kappa shape index (κ3) is 1.66. The van der Waals surface area contributed by atoms with Gasteiger partial charge in [0.2, 0.25) is 0 Å². The van der Waals surface area contributed by atoms with Gasteiger partial charge in [0, 0.05) is 6.42 Å². The van der Waals surface area contributed by atoms with E-state index in [1.54, 1.807) is 6.07 Å². The second kappa shape index (κ2) is 3.42. The lowest BCUT2D eigenvalue weighted by molar-refractivity contribution is 0.483. The highest BCUT2D eigenvalue weighted by Crippen LogP contribution is 2.38. The topological polar surface area (TPSA) is 54.4 Å². The van der Waals surface area contributed by atoms with Gasteiger partial charge in [0.05, 0.1) is 4.90 Å². The average Bonchev–Trinajstić information content (AvgIpc) is 2.65. The lowest BCUT2D eigenvalue weighted by Gasteiger charge is -2.02. The highest BCUT2D eigenvalue weighted by Gasteiger charge is 2.20. The van der Waals surface area contributed by atoms with Gasteiger partial charge in [-0.1, -0.05) is 30.3 Å². The molecule has 0 amide bonds. The summed E-state index contributed by atoms with van der Waals surface area (Å²) >= 11 is 0. The summed E-state index contributed by atoms with van der Waals surface area (Å²) in [6.45, 7) is 0. The summed E-state index contributed by atoms with van der Waals surface area (Å²) in [6, 6.07) is 12.5. The van der Waals surface area contributed by atoms with Crippen molar-refractivity contribution in [1.29, 1.82) is 0 Å². The Labute approximate surface area is 99.5 Å². The third-order valence-corrected chi connectivity index (χ3v) is 3.73. The van der Waals surface area contributed by atoms with Crippen molar-refractivity contribution < 1.29 is 13.0 Å². The van der Waals surface area contributed by atoms with Crippen LogP contribution in [0.2, 0.25) is 0 Å². The van der Waals surface area contributed by atoms with Crippen molar-refractivity contribution >= 4 is 10.1 Å². The maximum atomic E-state index is 11.0. The molecule has 85 valence electrons. The molecule has 0 bridgehead atoms. The van der Waals surface area contributed by atoms with Crippen molar-refractivity contribution in [2.45, 2.75) is 4.90 Å². The van der Waals surface area contributed by atoms with Crippen LogP contribution in [0, 0.1) is 6.42 Å². The van der Waals surface area contributed by atoms with Gasteiger partial charge < -0.3 is 0 Å². The Morgan fingerprint density at radius 1 is 0.882 bits per heavy atom. The van der Waals surface area contributed by atoms with Crippen LogP contribution < -0.4 is 0 Å². The van der Waals surface area contributed by atoms with E-state index in [-0.39, 0.29) is 4.90 Å². The van der Waals surface area contributed by atoms with E-state index in [1.165, 1.54) is 12.1 Å². The molecule has 2 aromatic carbocycles. The molecule has 0 aliphatic heterocycles. The maximum Gasteiger partial charge on any atom is 0.294 e. The summed E-state index contributed by atoms with van der Waals surface area (Å²) in [5.74, 6) is 0. The number of hydrogen-bond acceptors (Lipinski definition) is 2. The Kier molecular flexibility index (Phi) is 2.11. The van der Waals surface area contributed by atoms with Crippen LogP contribution in [0.4, 0.5) is 0 Å². The Morgan fingerprint density at radius 3 is 2.35 bits per heavy atom. The minimum atomic E-state index is -4.13. The first-order chi connectivity index (χ1) is 8.05. The SMILES string of the molecule is O=S(=O)(O)c1ccc2c(c1)[CH]c1ccccc1-2. The molecule has 0 aromatic heterocycles. The van der Waals surface area contributed by atoms with E-state index in [2.05, 4.69) is 0 Å². The number of benzene rings is 2. The molecule has 0 fully saturated rings. The van der Waals surface area contributed by atoms with Crippen molar-refractivity contribution in [2.75, 3.05) is 0 Å². The molecule has 1 N–H and O–H groups in total. The van der Waals surface area contributed by atoms with Crippen molar-refractivity contribution in [3.63, 3.8) is 0 Å². The molecule has 0 unspecified atom stereocenters. The van der Waals surface area contributed by atoms with Crippen LogP contribution >= 0.6 is 0 Å². The fourth-order valence-corrected chi connectivity index (χ4v) is 2.62. The van der Waals surface area contributed by atoms with E-state index >= 15 is 0 Å². The highest BCUT2D eigenvalue weighted by molar-refractivity contribution is 7.85. The second-order valence-corrected chi connectivity index (χ2v) is 5.38. The molecule has 1 aliphatic rings. The van der Waals surface area contributed by atoms with Gasteiger partial charge in [0.25, 0.3) is 10.1 Å². The summed E-state index contributed by atoms with van der Waals surface area (Å²) in [5.41, 5.74) is 3.97. The molecule has 4 heteroatoms. The van der Waals surface area contributed by atoms with Gasteiger partial charge in [-0.25, -0.2) is 0 Å².